The maximum Gasteiger partial charge on any atom is 0.347 e. The summed E-state index contributed by atoms with van der Waals surface area (Å²) in [5.74, 6) is 0. The lowest BCUT2D eigenvalue weighted by Crippen LogP contribution is -2.31. The highest BCUT2D eigenvalue weighted by Gasteiger charge is 2.12. The van der Waals surface area contributed by atoms with Crippen LogP contribution in [0.25, 0.3) is 0 Å². The summed E-state index contributed by atoms with van der Waals surface area (Å²) in [5.41, 5.74) is 4.86. The van der Waals surface area contributed by atoms with Crippen LogP contribution >= 0.6 is 0 Å². The minimum atomic E-state index is -1.30. The fraction of sp³-hybridized carbons (Fsp3) is 0.143. The Bertz CT molecular complexity index is 880. The molecule has 0 N–H and O–H groups in total. The SMILES string of the molecule is c1ccc(CN(Cc2ccccc2)O[SiH2]ON(Cc2ccccc2)Cc2ccccc2)cc1. The molecule has 0 atom stereocenters. The minimum Gasteiger partial charge on any atom is -0.314 e. The van der Waals surface area contributed by atoms with Gasteiger partial charge in [0, 0.05) is 26.2 Å². The van der Waals surface area contributed by atoms with Crippen molar-refractivity contribution in [1.82, 2.24) is 10.1 Å². The van der Waals surface area contributed by atoms with Gasteiger partial charge in [0.1, 0.15) is 0 Å². The molecule has 0 heterocycles. The number of hydrogen-bond donors (Lipinski definition) is 0. The molecule has 33 heavy (non-hydrogen) atoms. The van der Waals surface area contributed by atoms with E-state index in [1.807, 2.05) is 34.4 Å². The van der Waals surface area contributed by atoms with Gasteiger partial charge in [0.2, 0.25) is 0 Å². The molecule has 0 aliphatic carbocycles. The van der Waals surface area contributed by atoms with Crippen molar-refractivity contribution in [3.05, 3.63) is 144 Å². The third-order valence-corrected chi connectivity index (χ3v) is 6.22. The average Bonchev–Trinajstić information content (AvgIpc) is 2.86. The molecule has 0 unspecified atom stereocenters. The van der Waals surface area contributed by atoms with E-state index in [2.05, 4.69) is 97.1 Å². The van der Waals surface area contributed by atoms with Crippen LogP contribution in [0.1, 0.15) is 22.3 Å². The summed E-state index contributed by atoms with van der Waals surface area (Å²) in [6.45, 7) is 2.85. The van der Waals surface area contributed by atoms with Gasteiger partial charge in [0.15, 0.2) is 0 Å². The molecule has 0 aliphatic rings. The first-order valence-corrected chi connectivity index (χ1v) is 12.4. The Balaban J connectivity index is 1.40. The number of hydroxylamine groups is 4. The lowest BCUT2D eigenvalue weighted by molar-refractivity contribution is -0.143. The normalized spacial score (nSPS) is 11.2. The third kappa shape index (κ3) is 8.09. The predicted octanol–water partition coefficient (Wildman–Crippen LogP) is 5.25. The zero-order valence-corrected chi connectivity index (χ0v) is 20.2. The van der Waals surface area contributed by atoms with Crippen molar-refractivity contribution >= 4 is 10.0 Å². The highest BCUT2D eigenvalue weighted by molar-refractivity contribution is 6.17. The van der Waals surface area contributed by atoms with E-state index < -0.39 is 10.0 Å². The van der Waals surface area contributed by atoms with Crippen molar-refractivity contribution in [3.8, 4) is 0 Å². The number of nitrogens with zero attached hydrogens (tertiary/aromatic N) is 2. The van der Waals surface area contributed by atoms with Gasteiger partial charge in [-0.3, -0.25) is 0 Å². The van der Waals surface area contributed by atoms with Crippen LogP contribution < -0.4 is 0 Å². The van der Waals surface area contributed by atoms with Gasteiger partial charge in [-0.1, -0.05) is 121 Å². The molecule has 0 bridgehead atoms. The molecule has 5 heteroatoms. The molecule has 0 aromatic heterocycles. The highest BCUT2D eigenvalue weighted by Crippen LogP contribution is 2.13. The Kier molecular flexibility index (Phi) is 8.99. The topological polar surface area (TPSA) is 24.9 Å². The maximum absolute atomic E-state index is 6.26. The van der Waals surface area contributed by atoms with Crippen molar-refractivity contribution in [2.24, 2.45) is 0 Å². The second-order valence-electron chi connectivity index (χ2n) is 7.91. The van der Waals surface area contributed by atoms with E-state index in [4.69, 9.17) is 9.05 Å². The van der Waals surface area contributed by atoms with E-state index in [0.29, 0.717) is 26.2 Å². The Morgan fingerprint density at radius 1 is 0.394 bits per heavy atom. The Morgan fingerprint density at radius 3 is 0.879 bits per heavy atom. The first-order valence-electron chi connectivity index (χ1n) is 11.3. The number of rotatable bonds is 12. The summed E-state index contributed by atoms with van der Waals surface area (Å²) in [7, 11) is -1.30. The van der Waals surface area contributed by atoms with E-state index in [1.165, 1.54) is 22.3 Å². The first-order chi connectivity index (χ1) is 16.3. The summed E-state index contributed by atoms with van der Waals surface area (Å²) in [6, 6.07) is 41.6. The number of benzene rings is 4. The number of hydrogen-bond acceptors (Lipinski definition) is 4. The quantitative estimate of drug-likeness (QED) is 0.216. The van der Waals surface area contributed by atoms with Crippen LogP contribution in [-0.4, -0.2) is 20.1 Å². The summed E-state index contributed by atoms with van der Waals surface area (Å²) >= 11 is 0. The van der Waals surface area contributed by atoms with Crippen molar-refractivity contribution in [2.45, 2.75) is 26.2 Å². The van der Waals surface area contributed by atoms with Crippen LogP contribution in [0, 0.1) is 0 Å². The zero-order valence-electron chi connectivity index (χ0n) is 18.8. The maximum atomic E-state index is 6.26. The molecule has 4 aromatic carbocycles. The van der Waals surface area contributed by atoms with E-state index in [1.54, 1.807) is 0 Å². The lowest BCUT2D eigenvalue weighted by Gasteiger charge is -2.26. The van der Waals surface area contributed by atoms with E-state index >= 15 is 0 Å². The standard InChI is InChI=1S/C28H30N2O2Si/c1-5-13-25(14-6-1)21-29(22-26-15-7-2-8-16-26)31-33-32-30(23-27-17-9-3-10-18-27)24-28-19-11-4-12-20-28/h1-20H,21-24,33H2. The fourth-order valence-corrected chi connectivity index (χ4v) is 4.33. The molecular formula is C28H30N2O2Si. The van der Waals surface area contributed by atoms with Gasteiger partial charge in [-0.2, -0.15) is 10.1 Å². The zero-order chi connectivity index (χ0) is 22.6. The second kappa shape index (κ2) is 12.8. The van der Waals surface area contributed by atoms with Crippen LogP contribution in [0.3, 0.4) is 0 Å². The van der Waals surface area contributed by atoms with Crippen LogP contribution in [0.2, 0.25) is 0 Å². The highest BCUT2D eigenvalue weighted by atomic mass is 28.3. The molecule has 0 saturated heterocycles. The Morgan fingerprint density at radius 2 is 0.636 bits per heavy atom. The summed E-state index contributed by atoms with van der Waals surface area (Å²) < 4.78 is 12.5. The first kappa shape index (κ1) is 23.1. The predicted molar refractivity (Wildman–Crippen MR) is 135 cm³/mol. The molecule has 4 nitrogen and oxygen atoms in total. The van der Waals surface area contributed by atoms with Crippen LogP contribution in [0.4, 0.5) is 0 Å². The largest absolute Gasteiger partial charge is 0.347 e. The molecule has 168 valence electrons. The van der Waals surface area contributed by atoms with Gasteiger partial charge >= 0.3 is 10.0 Å². The van der Waals surface area contributed by atoms with Crippen LogP contribution in [-0.2, 0) is 35.2 Å². The van der Waals surface area contributed by atoms with Crippen molar-refractivity contribution in [3.63, 3.8) is 0 Å². The van der Waals surface area contributed by atoms with Crippen LogP contribution in [0.15, 0.2) is 121 Å². The van der Waals surface area contributed by atoms with Crippen molar-refractivity contribution in [2.75, 3.05) is 0 Å². The summed E-state index contributed by atoms with van der Waals surface area (Å²) in [4.78, 5) is 0. The third-order valence-electron chi connectivity index (χ3n) is 5.28. The summed E-state index contributed by atoms with van der Waals surface area (Å²) in [5, 5.41) is 4.03. The monoisotopic (exact) mass is 454 g/mol. The van der Waals surface area contributed by atoms with E-state index in [9.17, 15) is 0 Å². The van der Waals surface area contributed by atoms with Gasteiger partial charge < -0.3 is 9.05 Å². The van der Waals surface area contributed by atoms with Crippen LogP contribution in [0.5, 0.6) is 0 Å². The average molecular weight is 455 g/mol. The molecule has 0 aliphatic heterocycles. The Labute approximate surface area is 199 Å². The van der Waals surface area contributed by atoms with Gasteiger partial charge in [0.05, 0.1) is 0 Å². The second-order valence-corrected chi connectivity index (χ2v) is 8.67. The molecule has 0 spiro atoms. The Hall–Kier alpha value is -3.06. The van der Waals surface area contributed by atoms with E-state index in [-0.39, 0.29) is 0 Å². The molecule has 4 aromatic rings. The van der Waals surface area contributed by atoms with Gasteiger partial charge in [0.25, 0.3) is 0 Å². The lowest BCUT2D eigenvalue weighted by atomic mass is 10.2. The van der Waals surface area contributed by atoms with Gasteiger partial charge in [-0.05, 0) is 22.3 Å². The smallest absolute Gasteiger partial charge is 0.314 e. The molecule has 0 amide bonds. The van der Waals surface area contributed by atoms with E-state index in [0.717, 1.165) is 0 Å². The molecule has 0 fully saturated rings. The molecule has 0 saturated carbocycles. The van der Waals surface area contributed by atoms with Gasteiger partial charge in [-0.25, -0.2) is 0 Å². The van der Waals surface area contributed by atoms with Gasteiger partial charge in [-0.15, -0.1) is 0 Å². The van der Waals surface area contributed by atoms with Crippen molar-refractivity contribution in [1.29, 1.82) is 0 Å². The van der Waals surface area contributed by atoms with Crippen molar-refractivity contribution < 1.29 is 9.05 Å². The minimum absolute atomic E-state index is 0.712. The molecule has 0 radical (unpaired) electrons. The summed E-state index contributed by atoms with van der Waals surface area (Å²) in [6.07, 6.45) is 0. The molecule has 4 rings (SSSR count). The molecular weight excluding hydrogens is 424 g/mol. The fourth-order valence-electron chi connectivity index (χ4n) is 3.62.